The molecular weight excluding hydrogens is 288 g/mol. The third-order valence-corrected chi connectivity index (χ3v) is 3.58. The zero-order chi connectivity index (χ0) is 16.7. The second kappa shape index (κ2) is 8.22. The first-order chi connectivity index (χ1) is 11.1. The Balaban J connectivity index is 1.99. The molecule has 0 fully saturated rings. The van der Waals surface area contributed by atoms with Crippen LogP contribution >= 0.6 is 0 Å². The summed E-state index contributed by atoms with van der Waals surface area (Å²) in [5.74, 6) is 0.669. The monoisotopic (exact) mass is 312 g/mol. The maximum absolute atomic E-state index is 12.3. The number of rotatable bonds is 7. The molecule has 0 saturated carbocycles. The van der Waals surface area contributed by atoms with Crippen LogP contribution in [0.3, 0.4) is 0 Å². The lowest BCUT2D eigenvalue weighted by Crippen LogP contribution is -2.32. The maximum Gasteiger partial charge on any atom is 0.246 e. The number of aryl methyl sites for hydroxylation is 1. The summed E-state index contributed by atoms with van der Waals surface area (Å²) in [5, 5.41) is 6.12. The molecular formula is C19H24N2O2. The van der Waals surface area contributed by atoms with Crippen LogP contribution in [-0.4, -0.2) is 18.6 Å². The molecule has 4 heteroatoms. The Bertz CT molecular complexity index is 638. The van der Waals surface area contributed by atoms with Gasteiger partial charge in [0.25, 0.3) is 0 Å². The van der Waals surface area contributed by atoms with Crippen LogP contribution in [0, 0.1) is 0 Å². The van der Waals surface area contributed by atoms with Crippen LogP contribution in [-0.2, 0) is 11.2 Å². The van der Waals surface area contributed by atoms with Crippen LogP contribution in [0.2, 0.25) is 0 Å². The first-order valence-electron chi connectivity index (χ1n) is 8.02. The van der Waals surface area contributed by atoms with Gasteiger partial charge in [0, 0.05) is 5.69 Å². The molecule has 0 spiro atoms. The lowest BCUT2D eigenvalue weighted by molar-refractivity contribution is -0.116. The summed E-state index contributed by atoms with van der Waals surface area (Å²) in [5.41, 5.74) is 2.87. The van der Waals surface area contributed by atoms with E-state index in [1.807, 2.05) is 62.4 Å². The molecule has 0 aromatic heterocycles. The molecule has 0 aliphatic carbocycles. The molecule has 0 radical (unpaired) electrons. The fourth-order valence-electron chi connectivity index (χ4n) is 2.24. The fraction of sp³-hybridized carbons (Fsp3) is 0.316. The zero-order valence-electron chi connectivity index (χ0n) is 13.9. The summed E-state index contributed by atoms with van der Waals surface area (Å²) in [7, 11) is 0. The minimum atomic E-state index is -0.373. The second-order valence-corrected chi connectivity index (χ2v) is 5.33. The van der Waals surface area contributed by atoms with Crippen LogP contribution in [0.4, 0.5) is 11.4 Å². The first kappa shape index (κ1) is 16.9. The number of amides is 1. The van der Waals surface area contributed by atoms with E-state index in [0.717, 1.165) is 23.5 Å². The number of anilines is 2. The Hall–Kier alpha value is -2.49. The van der Waals surface area contributed by atoms with Gasteiger partial charge in [-0.1, -0.05) is 31.2 Å². The number of ether oxygens (including phenoxy) is 1. The molecule has 23 heavy (non-hydrogen) atoms. The smallest absolute Gasteiger partial charge is 0.246 e. The lowest BCUT2D eigenvalue weighted by atomic mass is 10.1. The molecule has 0 unspecified atom stereocenters. The summed E-state index contributed by atoms with van der Waals surface area (Å²) in [6.07, 6.45) is 0.987. The number of hydrogen-bond donors (Lipinski definition) is 2. The Morgan fingerprint density at radius 3 is 2.43 bits per heavy atom. The summed E-state index contributed by atoms with van der Waals surface area (Å²) < 4.78 is 5.57. The van der Waals surface area contributed by atoms with Gasteiger partial charge in [0.05, 0.1) is 12.3 Å². The zero-order valence-corrected chi connectivity index (χ0v) is 13.9. The Morgan fingerprint density at radius 1 is 1.09 bits per heavy atom. The van der Waals surface area contributed by atoms with Crippen LogP contribution in [0.1, 0.15) is 26.3 Å². The predicted molar refractivity (Wildman–Crippen MR) is 95.1 cm³/mol. The molecule has 0 aliphatic rings. The van der Waals surface area contributed by atoms with Gasteiger partial charge in [-0.25, -0.2) is 0 Å². The van der Waals surface area contributed by atoms with E-state index >= 15 is 0 Å². The van der Waals surface area contributed by atoms with E-state index in [2.05, 4.69) is 17.6 Å². The van der Waals surface area contributed by atoms with E-state index < -0.39 is 0 Å². The average molecular weight is 312 g/mol. The van der Waals surface area contributed by atoms with Gasteiger partial charge >= 0.3 is 0 Å². The van der Waals surface area contributed by atoms with Crippen LogP contribution in [0.25, 0.3) is 0 Å². The SMILES string of the molecule is CCOc1ccccc1N[C@@H](C)C(=O)Nc1ccc(CC)cc1. The fourth-order valence-corrected chi connectivity index (χ4v) is 2.24. The van der Waals surface area contributed by atoms with Crippen LogP contribution < -0.4 is 15.4 Å². The first-order valence-corrected chi connectivity index (χ1v) is 8.02. The molecule has 4 nitrogen and oxygen atoms in total. The van der Waals surface area contributed by atoms with Gasteiger partial charge in [-0.2, -0.15) is 0 Å². The van der Waals surface area contributed by atoms with E-state index in [-0.39, 0.29) is 11.9 Å². The number of para-hydroxylation sites is 2. The summed E-state index contributed by atoms with van der Waals surface area (Å²) in [4.78, 5) is 12.3. The molecule has 2 aromatic rings. The molecule has 1 atom stereocenters. The third kappa shape index (κ3) is 4.74. The van der Waals surface area contributed by atoms with E-state index in [1.165, 1.54) is 5.56 Å². The van der Waals surface area contributed by atoms with Crippen molar-refractivity contribution in [2.45, 2.75) is 33.2 Å². The Labute approximate surface area is 137 Å². The van der Waals surface area contributed by atoms with Crippen molar-refractivity contribution in [2.24, 2.45) is 0 Å². The topological polar surface area (TPSA) is 50.4 Å². The Kier molecular flexibility index (Phi) is 6.03. The lowest BCUT2D eigenvalue weighted by Gasteiger charge is -2.18. The molecule has 0 aliphatic heterocycles. The maximum atomic E-state index is 12.3. The number of hydrogen-bond acceptors (Lipinski definition) is 3. The quantitative estimate of drug-likeness (QED) is 0.809. The Morgan fingerprint density at radius 2 is 1.78 bits per heavy atom. The molecule has 1 amide bonds. The highest BCUT2D eigenvalue weighted by Crippen LogP contribution is 2.24. The molecule has 0 saturated heterocycles. The van der Waals surface area contributed by atoms with Crippen molar-refractivity contribution in [3.8, 4) is 5.75 Å². The van der Waals surface area contributed by atoms with Gasteiger partial charge in [0.15, 0.2) is 0 Å². The number of benzene rings is 2. The van der Waals surface area contributed by atoms with Crippen molar-refractivity contribution in [3.63, 3.8) is 0 Å². The van der Waals surface area contributed by atoms with Gasteiger partial charge in [-0.05, 0) is 50.1 Å². The highest BCUT2D eigenvalue weighted by molar-refractivity contribution is 5.96. The number of carbonyl (C=O) groups excluding carboxylic acids is 1. The summed E-state index contributed by atoms with van der Waals surface area (Å²) in [6, 6.07) is 15.2. The molecule has 0 bridgehead atoms. The molecule has 0 heterocycles. The van der Waals surface area contributed by atoms with Crippen molar-refractivity contribution < 1.29 is 9.53 Å². The highest BCUT2D eigenvalue weighted by Gasteiger charge is 2.14. The molecule has 2 aromatic carbocycles. The average Bonchev–Trinajstić information content (AvgIpc) is 2.57. The molecule has 2 N–H and O–H groups in total. The molecule has 122 valence electrons. The largest absolute Gasteiger partial charge is 0.492 e. The summed E-state index contributed by atoms with van der Waals surface area (Å²) in [6.45, 7) is 6.46. The van der Waals surface area contributed by atoms with Gasteiger partial charge in [-0.15, -0.1) is 0 Å². The second-order valence-electron chi connectivity index (χ2n) is 5.33. The van der Waals surface area contributed by atoms with Crippen molar-refractivity contribution in [3.05, 3.63) is 54.1 Å². The van der Waals surface area contributed by atoms with E-state index in [0.29, 0.717) is 6.61 Å². The van der Waals surface area contributed by atoms with Crippen molar-refractivity contribution in [2.75, 3.05) is 17.2 Å². The normalized spacial score (nSPS) is 11.6. The van der Waals surface area contributed by atoms with Crippen LogP contribution in [0.15, 0.2) is 48.5 Å². The van der Waals surface area contributed by atoms with Crippen molar-refractivity contribution >= 4 is 17.3 Å². The summed E-state index contributed by atoms with van der Waals surface area (Å²) >= 11 is 0. The van der Waals surface area contributed by atoms with Crippen molar-refractivity contribution in [1.29, 1.82) is 0 Å². The standard InChI is InChI=1S/C19H24N2O2/c1-4-15-10-12-16(13-11-15)21-19(22)14(3)20-17-8-6-7-9-18(17)23-5-2/h6-14,20H,4-5H2,1-3H3,(H,21,22)/t14-/m0/s1. The minimum Gasteiger partial charge on any atom is -0.492 e. The van der Waals surface area contributed by atoms with Gasteiger partial charge in [0.2, 0.25) is 5.91 Å². The predicted octanol–water partition coefficient (Wildman–Crippen LogP) is 4.09. The van der Waals surface area contributed by atoms with Gasteiger partial charge < -0.3 is 15.4 Å². The number of nitrogens with one attached hydrogen (secondary N) is 2. The third-order valence-electron chi connectivity index (χ3n) is 3.58. The molecule has 2 rings (SSSR count). The van der Waals surface area contributed by atoms with E-state index in [4.69, 9.17) is 4.74 Å². The van der Waals surface area contributed by atoms with Gasteiger partial charge in [0.1, 0.15) is 11.8 Å². The highest BCUT2D eigenvalue weighted by atomic mass is 16.5. The van der Waals surface area contributed by atoms with Crippen molar-refractivity contribution in [1.82, 2.24) is 0 Å². The van der Waals surface area contributed by atoms with E-state index in [1.54, 1.807) is 0 Å². The van der Waals surface area contributed by atoms with Crippen LogP contribution in [0.5, 0.6) is 5.75 Å². The van der Waals surface area contributed by atoms with E-state index in [9.17, 15) is 4.79 Å². The number of carbonyl (C=O) groups is 1. The minimum absolute atomic E-state index is 0.0828. The van der Waals surface area contributed by atoms with Gasteiger partial charge in [-0.3, -0.25) is 4.79 Å².